The molecule has 0 spiro atoms. The molecule has 1 fully saturated rings. The third-order valence-corrected chi connectivity index (χ3v) is 3.13. The molecular weight excluding hydrogens is 255 g/mol. The summed E-state index contributed by atoms with van der Waals surface area (Å²) in [6.45, 7) is 2.15. The summed E-state index contributed by atoms with van der Waals surface area (Å²) in [5, 5.41) is 20.4. The van der Waals surface area contributed by atoms with E-state index in [0.29, 0.717) is 13.0 Å². The molecule has 1 aliphatic rings. The van der Waals surface area contributed by atoms with Crippen LogP contribution in [0.1, 0.15) is 23.7 Å². The second-order valence-electron chi connectivity index (χ2n) is 4.90. The van der Waals surface area contributed by atoms with Crippen LogP contribution in [0.3, 0.4) is 0 Å². The monoisotopic (exact) mass is 268 g/mol. The SMILES string of the molecule is CC1(O)CCN(C(=O)c2ccc(F)c([N+](=O)[O-])c2)C1. The average molecular weight is 268 g/mol. The van der Waals surface area contributed by atoms with E-state index < -0.39 is 27.9 Å². The van der Waals surface area contributed by atoms with Crippen molar-refractivity contribution in [3.63, 3.8) is 0 Å². The van der Waals surface area contributed by atoms with Gasteiger partial charge in [-0.2, -0.15) is 4.39 Å². The minimum absolute atomic E-state index is 0.0470. The normalized spacial score (nSPS) is 22.6. The number of amides is 1. The van der Waals surface area contributed by atoms with E-state index in [2.05, 4.69) is 0 Å². The standard InChI is InChI=1S/C12H13FN2O4/c1-12(17)4-5-14(7-12)11(16)8-2-3-9(13)10(6-8)15(18)19/h2-3,6,17H,4-5,7H2,1H3. The van der Waals surface area contributed by atoms with Crippen LogP contribution in [-0.4, -0.2) is 39.5 Å². The first kappa shape index (κ1) is 13.4. The van der Waals surface area contributed by atoms with Crippen LogP contribution in [0, 0.1) is 15.9 Å². The average Bonchev–Trinajstić information content (AvgIpc) is 2.69. The van der Waals surface area contributed by atoms with Gasteiger partial charge in [-0.25, -0.2) is 0 Å². The highest BCUT2D eigenvalue weighted by Crippen LogP contribution is 2.24. The Bertz CT molecular complexity index is 545. The Hall–Kier alpha value is -2.02. The molecule has 1 unspecified atom stereocenters. The summed E-state index contributed by atoms with van der Waals surface area (Å²) in [7, 11) is 0. The molecular formula is C12H13FN2O4. The Morgan fingerprint density at radius 2 is 2.26 bits per heavy atom. The summed E-state index contributed by atoms with van der Waals surface area (Å²) in [5.41, 5.74) is -1.62. The van der Waals surface area contributed by atoms with Gasteiger partial charge < -0.3 is 10.0 Å². The molecule has 0 aliphatic carbocycles. The lowest BCUT2D eigenvalue weighted by atomic mass is 10.1. The molecule has 102 valence electrons. The van der Waals surface area contributed by atoms with Crippen LogP contribution in [-0.2, 0) is 0 Å². The van der Waals surface area contributed by atoms with Gasteiger partial charge in [-0.1, -0.05) is 0 Å². The number of hydrogen-bond acceptors (Lipinski definition) is 4. The fourth-order valence-corrected chi connectivity index (χ4v) is 2.09. The molecule has 1 heterocycles. The van der Waals surface area contributed by atoms with Crippen molar-refractivity contribution in [2.45, 2.75) is 18.9 Å². The fraction of sp³-hybridized carbons (Fsp3) is 0.417. The Balaban J connectivity index is 2.25. The minimum atomic E-state index is -0.977. The van der Waals surface area contributed by atoms with Crippen molar-refractivity contribution < 1.29 is 19.2 Å². The zero-order valence-electron chi connectivity index (χ0n) is 10.3. The number of benzene rings is 1. The topological polar surface area (TPSA) is 83.7 Å². The number of likely N-dealkylation sites (tertiary alicyclic amines) is 1. The summed E-state index contributed by atoms with van der Waals surface area (Å²) in [5.74, 6) is -1.42. The van der Waals surface area contributed by atoms with E-state index in [9.17, 15) is 24.4 Å². The number of hydrogen-bond donors (Lipinski definition) is 1. The van der Waals surface area contributed by atoms with E-state index in [4.69, 9.17) is 0 Å². The first-order valence-electron chi connectivity index (χ1n) is 5.76. The van der Waals surface area contributed by atoms with Crippen molar-refractivity contribution in [3.05, 3.63) is 39.7 Å². The lowest BCUT2D eigenvalue weighted by molar-refractivity contribution is -0.387. The molecule has 1 saturated heterocycles. The van der Waals surface area contributed by atoms with E-state index >= 15 is 0 Å². The highest BCUT2D eigenvalue weighted by Gasteiger charge is 2.34. The van der Waals surface area contributed by atoms with Gasteiger partial charge in [0.15, 0.2) is 0 Å². The molecule has 0 saturated carbocycles. The Morgan fingerprint density at radius 1 is 1.58 bits per heavy atom. The first-order valence-corrected chi connectivity index (χ1v) is 5.76. The summed E-state index contributed by atoms with van der Waals surface area (Å²) in [4.78, 5) is 23.2. The Labute approximate surface area is 108 Å². The smallest absolute Gasteiger partial charge is 0.305 e. The molecule has 2 rings (SSSR count). The third kappa shape index (κ3) is 2.70. The third-order valence-electron chi connectivity index (χ3n) is 3.13. The number of rotatable bonds is 2. The molecule has 1 aromatic carbocycles. The summed E-state index contributed by atoms with van der Waals surface area (Å²) in [6, 6.07) is 3.03. The van der Waals surface area contributed by atoms with Crippen molar-refractivity contribution in [1.82, 2.24) is 4.90 Å². The van der Waals surface area contributed by atoms with E-state index in [0.717, 1.165) is 12.1 Å². The van der Waals surface area contributed by atoms with Gasteiger partial charge in [0.05, 0.1) is 10.5 Å². The quantitative estimate of drug-likeness (QED) is 0.648. The maximum absolute atomic E-state index is 13.2. The number of carbonyl (C=O) groups excluding carboxylic acids is 1. The van der Waals surface area contributed by atoms with E-state index in [1.165, 1.54) is 11.0 Å². The largest absolute Gasteiger partial charge is 0.388 e. The number of carbonyl (C=O) groups is 1. The van der Waals surface area contributed by atoms with Crippen LogP contribution in [0.2, 0.25) is 0 Å². The molecule has 19 heavy (non-hydrogen) atoms. The summed E-state index contributed by atoms with van der Waals surface area (Å²) >= 11 is 0. The number of nitro groups is 1. The predicted molar refractivity (Wildman–Crippen MR) is 64.2 cm³/mol. The maximum atomic E-state index is 13.2. The van der Waals surface area contributed by atoms with Crippen molar-refractivity contribution in [2.75, 3.05) is 13.1 Å². The Kier molecular flexibility index (Phi) is 3.23. The number of aliphatic hydroxyl groups is 1. The van der Waals surface area contributed by atoms with Gasteiger partial charge in [0.2, 0.25) is 5.82 Å². The van der Waals surface area contributed by atoms with Crippen LogP contribution >= 0.6 is 0 Å². The molecule has 1 aliphatic heterocycles. The number of halogens is 1. The molecule has 1 aromatic rings. The molecule has 1 amide bonds. The molecule has 0 aromatic heterocycles. The van der Waals surface area contributed by atoms with Crippen LogP contribution in [0.15, 0.2) is 18.2 Å². The highest BCUT2D eigenvalue weighted by atomic mass is 19.1. The molecule has 0 bridgehead atoms. The van der Waals surface area contributed by atoms with Crippen LogP contribution < -0.4 is 0 Å². The predicted octanol–water partition coefficient (Wildman–Crippen LogP) is 1.33. The van der Waals surface area contributed by atoms with Crippen molar-refractivity contribution >= 4 is 11.6 Å². The van der Waals surface area contributed by atoms with E-state index in [1.54, 1.807) is 6.92 Å². The minimum Gasteiger partial charge on any atom is -0.388 e. The van der Waals surface area contributed by atoms with Gasteiger partial charge in [-0.05, 0) is 25.5 Å². The zero-order chi connectivity index (χ0) is 14.2. The molecule has 1 atom stereocenters. The van der Waals surface area contributed by atoms with Gasteiger partial charge in [0.25, 0.3) is 5.91 Å². The first-order chi connectivity index (χ1) is 8.80. The second kappa shape index (κ2) is 4.58. The van der Waals surface area contributed by atoms with Gasteiger partial charge in [0.1, 0.15) is 0 Å². The molecule has 1 N–H and O–H groups in total. The van der Waals surface area contributed by atoms with Crippen LogP contribution in [0.5, 0.6) is 0 Å². The summed E-state index contributed by atoms with van der Waals surface area (Å²) < 4.78 is 13.2. The van der Waals surface area contributed by atoms with Gasteiger partial charge in [-0.15, -0.1) is 0 Å². The van der Waals surface area contributed by atoms with Crippen LogP contribution in [0.25, 0.3) is 0 Å². The van der Waals surface area contributed by atoms with Crippen molar-refractivity contribution in [3.8, 4) is 0 Å². The molecule has 6 nitrogen and oxygen atoms in total. The zero-order valence-corrected chi connectivity index (χ0v) is 10.3. The van der Waals surface area contributed by atoms with E-state index in [-0.39, 0.29) is 12.1 Å². The number of nitrogens with zero attached hydrogens (tertiary/aromatic N) is 2. The van der Waals surface area contributed by atoms with Crippen LogP contribution in [0.4, 0.5) is 10.1 Å². The highest BCUT2D eigenvalue weighted by molar-refractivity contribution is 5.95. The lowest BCUT2D eigenvalue weighted by Gasteiger charge is -2.19. The fourth-order valence-electron chi connectivity index (χ4n) is 2.09. The van der Waals surface area contributed by atoms with Gasteiger partial charge in [0, 0.05) is 24.7 Å². The number of nitro benzene ring substituents is 1. The second-order valence-corrected chi connectivity index (χ2v) is 4.90. The van der Waals surface area contributed by atoms with Gasteiger partial charge >= 0.3 is 5.69 Å². The summed E-state index contributed by atoms with van der Waals surface area (Å²) in [6.07, 6.45) is 0.446. The molecule has 7 heteroatoms. The lowest BCUT2D eigenvalue weighted by Crippen LogP contribution is -2.33. The van der Waals surface area contributed by atoms with E-state index in [1.807, 2.05) is 0 Å². The van der Waals surface area contributed by atoms with Gasteiger partial charge in [-0.3, -0.25) is 14.9 Å². The van der Waals surface area contributed by atoms with Crippen molar-refractivity contribution in [1.29, 1.82) is 0 Å². The number of β-amino-alcohol motifs (C(OH)–C–C–N with tert-alkyl or cyclic N) is 1. The maximum Gasteiger partial charge on any atom is 0.305 e. The Morgan fingerprint density at radius 3 is 2.79 bits per heavy atom. The molecule has 0 radical (unpaired) electrons. The van der Waals surface area contributed by atoms with Crippen molar-refractivity contribution in [2.24, 2.45) is 0 Å².